The molecule has 144 valence electrons. The van der Waals surface area contributed by atoms with E-state index in [4.69, 9.17) is 4.74 Å². The van der Waals surface area contributed by atoms with Gasteiger partial charge in [0.2, 0.25) is 0 Å². The van der Waals surface area contributed by atoms with E-state index in [1.54, 1.807) is 0 Å². The maximum Gasteiger partial charge on any atom is 0.127 e. The van der Waals surface area contributed by atoms with Crippen LogP contribution < -0.4 is 4.74 Å². The molecule has 0 unspecified atom stereocenters. The van der Waals surface area contributed by atoms with Crippen LogP contribution in [0.15, 0.2) is 60.7 Å². The largest absolute Gasteiger partial charge is 0.493 e. The Hall–Kier alpha value is -2.54. The minimum absolute atomic E-state index is 0.806. The number of aryl methyl sites for hydroxylation is 1. The minimum Gasteiger partial charge on any atom is -0.493 e. The van der Waals surface area contributed by atoms with E-state index in [1.807, 2.05) is 0 Å². The van der Waals surface area contributed by atoms with Gasteiger partial charge in [0.15, 0.2) is 0 Å². The van der Waals surface area contributed by atoms with Crippen molar-refractivity contribution in [2.24, 2.45) is 0 Å². The van der Waals surface area contributed by atoms with Gasteiger partial charge < -0.3 is 4.74 Å². The molecule has 0 fully saturated rings. The SMILES string of the molecule is CCCCCCCCOc1cccc2c1ccc1c3cccc(C)c3ccc21. The molecule has 4 aromatic carbocycles. The molecule has 0 saturated heterocycles. The van der Waals surface area contributed by atoms with Crippen LogP contribution in [0.5, 0.6) is 5.75 Å². The van der Waals surface area contributed by atoms with Gasteiger partial charge in [-0.05, 0) is 58.0 Å². The molecule has 0 saturated carbocycles. The lowest BCUT2D eigenvalue weighted by Crippen LogP contribution is -1.98. The molecule has 4 rings (SSSR count). The Morgan fingerprint density at radius 3 is 1.93 bits per heavy atom. The maximum absolute atomic E-state index is 6.18. The van der Waals surface area contributed by atoms with Gasteiger partial charge in [-0.25, -0.2) is 0 Å². The van der Waals surface area contributed by atoms with Crippen LogP contribution in [0.25, 0.3) is 32.3 Å². The van der Waals surface area contributed by atoms with Crippen LogP contribution in [0.1, 0.15) is 51.0 Å². The van der Waals surface area contributed by atoms with Gasteiger partial charge in [0.1, 0.15) is 5.75 Å². The fourth-order valence-electron chi connectivity index (χ4n) is 4.26. The molecule has 0 aliphatic rings. The van der Waals surface area contributed by atoms with Crippen LogP contribution in [-0.4, -0.2) is 6.61 Å². The highest BCUT2D eigenvalue weighted by Crippen LogP contribution is 2.35. The number of benzene rings is 4. The fourth-order valence-corrected chi connectivity index (χ4v) is 4.26. The Morgan fingerprint density at radius 1 is 0.571 bits per heavy atom. The standard InChI is InChI=1S/C27H30O/c1-3-4-5-6-7-8-19-28-27-14-10-13-23-25-16-15-21-20(2)11-9-12-22(21)24(25)17-18-26(23)27/h9-18H,3-8,19H2,1-2H3. The van der Waals surface area contributed by atoms with E-state index in [-0.39, 0.29) is 0 Å². The molecule has 0 amide bonds. The van der Waals surface area contributed by atoms with Gasteiger partial charge in [-0.3, -0.25) is 0 Å². The molecule has 0 aliphatic carbocycles. The van der Waals surface area contributed by atoms with Crippen LogP contribution in [0.4, 0.5) is 0 Å². The lowest BCUT2D eigenvalue weighted by molar-refractivity contribution is 0.308. The number of ether oxygens (including phenoxy) is 1. The monoisotopic (exact) mass is 370 g/mol. The fraction of sp³-hybridized carbons (Fsp3) is 0.333. The summed E-state index contributed by atoms with van der Waals surface area (Å²) in [7, 11) is 0. The van der Waals surface area contributed by atoms with Gasteiger partial charge in [-0.15, -0.1) is 0 Å². The first kappa shape index (κ1) is 18.8. The molecule has 1 nitrogen and oxygen atoms in total. The predicted molar refractivity (Wildman–Crippen MR) is 123 cm³/mol. The maximum atomic E-state index is 6.18. The number of fused-ring (bicyclic) bond motifs is 5. The first-order valence-corrected chi connectivity index (χ1v) is 10.8. The molecule has 4 aromatic rings. The predicted octanol–water partition coefficient (Wildman–Crippen LogP) is 8.19. The lowest BCUT2D eigenvalue weighted by Gasteiger charge is -2.13. The average molecular weight is 371 g/mol. The van der Waals surface area contributed by atoms with E-state index in [0.29, 0.717) is 0 Å². The third-order valence-electron chi connectivity index (χ3n) is 5.85. The van der Waals surface area contributed by atoms with Crippen LogP contribution in [-0.2, 0) is 0 Å². The van der Waals surface area contributed by atoms with Gasteiger partial charge in [-0.1, -0.05) is 87.6 Å². The van der Waals surface area contributed by atoms with E-state index in [2.05, 4.69) is 74.5 Å². The van der Waals surface area contributed by atoms with Gasteiger partial charge in [0.05, 0.1) is 6.61 Å². The first-order chi connectivity index (χ1) is 13.8. The zero-order valence-corrected chi connectivity index (χ0v) is 17.1. The Labute approximate surface area is 168 Å². The number of hydrogen-bond acceptors (Lipinski definition) is 1. The quantitative estimate of drug-likeness (QED) is 0.224. The lowest BCUT2D eigenvalue weighted by atomic mass is 9.95. The summed E-state index contributed by atoms with van der Waals surface area (Å²) >= 11 is 0. The summed E-state index contributed by atoms with van der Waals surface area (Å²) in [5.74, 6) is 1.01. The van der Waals surface area contributed by atoms with Crippen LogP contribution in [0.2, 0.25) is 0 Å². The number of rotatable bonds is 8. The van der Waals surface area contributed by atoms with E-state index in [9.17, 15) is 0 Å². The highest BCUT2D eigenvalue weighted by molar-refractivity contribution is 6.18. The van der Waals surface area contributed by atoms with Crippen molar-refractivity contribution in [3.8, 4) is 5.75 Å². The Morgan fingerprint density at radius 2 is 1.14 bits per heavy atom. The second kappa shape index (κ2) is 8.65. The minimum atomic E-state index is 0.806. The van der Waals surface area contributed by atoms with E-state index in [1.165, 1.54) is 70.0 Å². The molecule has 0 aromatic heterocycles. The van der Waals surface area contributed by atoms with E-state index in [0.717, 1.165) is 18.8 Å². The molecule has 1 heteroatoms. The highest BCUT2D eigenvalue weighted by atomic mass is 16.5. The summed E-state index contributed by atoms with van der Waals surface area (Å²) < 4.78 is 6.18. The summed E-state index contributed by atoms with van der Waals surface area (Å²) in [6.07, 6.45) is 7.73. The molecule has 0 atom stereocenters. The molecule has 0 spiro atoms. The normalized spacial score (nSPS) is 11.5. The van der Waals surface area contributed by atoms with Crippen molar-refractivity contribution in [3.63, 3.8) is 0 Å². The average Bonchev–Trinajstić information content (AvgIpc) is 2.73. The zero-order valence-electron chi connectivity index (χ0n) is 17.1. The summed E-state index contributed by atoms with van der Waals surface area (Å²) in [4.78, 5) is 0. The van der Waals surface area contributed by atoms with Gasteiger partial charge in [-0.2, -0.15) is 0 Å². The molecular weight excluding hydrogens is 340 g/mol. The molecular formula is C27H30O. The number of unbranched alkanes of at least 4 members (excludes halogenated alkanes) is 5. The zero-order chi connectivity index (χ0) is 19.3. The highest BCUT2D eigenvalue weighted by Gasteiger charge is 2.09. The van der Waals surface area contributed by atoms with E-state index < -0.39 is 0 Å². The van der Waals surface area contributed by atoms with Crippen LogP contribution in [0, 0.1) is 6.92 Å². The molecule has 28 heavy (non-hydrogen) atoms. The van der Waals surface area contributed by atoms with Crippen molar-refractivity contribution >= 4 is 32.3 Å². The van der Waals surface area contributed by atoms with Crippen molar-refractivity contribution in [1.29, 1.82) is 0 Å². The molecule has 0 bridgehead atoms. The van der Waals surface area contributed by atoms with Gasteiger partial charge in [0.25, 0.3) is 0 Å². The molecule has 0 heterocycles. The van der Waals surface area contributed by atoms with E-state index >= 15 is 0 Å². The van der Waals surface area contributed by atoms with Crippen molar-refractivity contribution in [2.75, 3.05) is 6.61 Å². The Bertz CT molecular complexity index is 1090. The topological polar surface area (TPSA) is 9.23 Å². The summed E-state index contributed by atoms with van der Waals surface area (Å²) in [6, 6.07) is 22.0. The van der Waals surface area contributed by atoms with Crippen molar-refractivity contribution in [3.05, 3.63) is 66.2 Å². The van der Waals surface area contributed by atoms with Gasteiger partial charge >= 0.3 is 0 Å². The van der Waals surface area contributed by atoms with Crippen molar-refractivity contribution in [2.45, 2.75) is 52.4 Å². The van der Waals surface area contributed by atoms with Crippen molar-refractivity contribution in [1.82, 2.24) is 0 Å². The first-order valence-electron chi connectivity index (χ1n) is 10.8. The number of hydrogen-bond donors (Lipinski definition) is 0. The van der Waals surface area contributed by atoms with Crippen LogP contribution in [0.3, 0.4) is 0 Å². The Kier molecular flexibility index (Phi) is 5.81. The van der Waals surface area contributed by atoms with Gasteiger partial charge in [0, 0.05) is 5.39 Å². The summed E-state index contributed by atoms with van der Waals surface area (Å²) in [6.45, 7) is 5.25. The Balaban J connectivity index is 1.61. The third-order valence-corrected chi connectivity index (χ3v) is 5.85. The summed E-state index contributed by atoms with van der Waals surface area (Å²) in [5.41, 5.74) is 1.33. The second-order valence-electron chi connectivity index (χ2n) is 7.86. The smallest absolute Gasteiger partial charge is 0.127 e. The molecule has 0 radical (unpaired) electrons. The summed E-state index contributed by atoms with van der Waals surface area (Å²) in [5, 5.41) is 7.79. The molecule has 0 aliphatic heterocycles. The van der Waals surface area contributed by atoms with Crippen molar-refractivity contribution < 1.29 is 4.74 Å². The second-order valence-corrected chi connectivity index (χ2v) is 7.86. The molecule has 0 N–H and O–H groups in total. The van der Waals surface area contributed by atoms with Crippen LogP contribution >= 0.6 is 0 Å². The third kappa shape index (κ3) is 3.71.